The molecule has 1 aromatic heterocycles. The number of halogens is 3. The summed E-state index contributed by atoms with van der Waals surface area (Å²) in [4.78, 5) is 23.7. The maximum absolute atomic E-state index is 13.8. The molecule has 3 aromatic rings. The fourth-order valence-corrected chi connectivity index (χ4v) is 3.77. The number of nitrogens with one attached hydrogen (secondary N) is 3. The predicted octanol–water partition coefficient (Wildman–Crippen LogP) is 3.47. The van der Waals surface area contributed by atoms with Crippen LogP contribution in [0.3, 0.4) is 0 Å². The Kier molecular flexibility index (Phi) is 6.71. The quantitative estimate of drug-likeness (QED) is 0.494. The van der Waals surface area contributed by atoms with E-state index in [2.05, 4.69) is 10.2 Å². The summed E-state index contributed by atoms with van der Waals surface area (Å²) in [6, 6.07) is 9.55. The fourth-order valence-electron chi connectivity index (χ4n) is 3.09. The molecule has 13 heteroatoms. The van der Waals surface area contributed by atoms with Gasteiger partial charge in [-0.1, -0.05) is 30.3 Å². The number of alkyl halides is 3. The van der Waals surface area contributed by atoms with Gasteiger partial charge in [-0.2, -0.15) is 31.4 Å². The van der Waals surface area contributed by atoms with Crippen molar-refractivity contribution >= 4 is 27.1 Å². The number of rotatable bonds is 5. The molecule has 0 radical (unpaired) electrons. The lowest BCUT2D eigenvalue weighted by Crippen LogP contribution is -2.42. The van der Waals surface area contributed by atoms with Gasteiger partial charge in [0.05, 0.1) is 16.6 Å². The topological polar surface area (TPSA) is 130 Å². The predicted molar refractivity (Wildman–Crippen MR) is 118 cm³/mol. The number of aromatic nitrogens is 2. The van der Waals surface area contributed by atoms with E-state index >= 15 is 0 Å². The van der Waals surface area contributed by atoms with Gasteiger partial charge in [-0.05, 0) is 38.5 Å². The first-order valence-corrected chi connectivity index (χ1v) is 11.3. The summed E-state index contributed by atoms with van der Waals surface area (Å²) in [7, 11) is -4.50. The summed E-state index contributed by atoms with van der Waals surface area (Å²) >= 11 is 0. The summed E-state index contributed by atoms with van der Waals surface area (Å²) in [6.07, 6.45) is -6.10. The lowest BCUT2D eigenvalue weighted by molar-refractivity contribution is -0.138. The Morgan fingerprint density at radius 3 is 2.35 bits per heavy atom. The Hall–Kier alpha value is -3.45. The SMILES string of the molecule is CC(C)(C)OC(=O)NS(=O)(=O)NCc1ccc(-c2n[nH]c(=O)c3ccccc23)cc1C(F)(F)F. The molecule has 0 aliphatic carbocycles. The van der Waals surface area contributed by atoms with Crippen molar-refractivity contribution in [3.63, 3.8) is 0 Å². The van der Waals surface area contributed by atoms with Crippen LogP contribution in [0.5, 0.6) is 0 Å². The molecule has 0 bridgehead atoms. The number of benzene rings is 2. The average molecular weight is 498 g/mol. The van der Waals surface area contributed by atoms with Crippen LogP contribution in [0.15, 0.2) is 47.3 Å². The molecule has 0 aliphatic heterocycles. The normalized spacial score (nSPS) is 12.5. The summed E-state index contributed by atoms with van der Waals surface area (Å²) < 4.78 is 73.8. The van der Waals surface area contributed by atoms with Gasteiger partial charge < -0.3 is 4.74 Å². The molecular weight excluding hydrogens is 477 g/mol. The minimum Gasteiger partial charge on any atom is -0.443 e. The molecule has 0 unspecified atom stereocenters. The standard InChI is InChI=1S/C21H21F3N4O5S/c1-20(2,3)33-19(30)28-34(31,32)25-11-13-9-8-12(10-16(13)21(22,23)24)17-14-6-4-5-7-15(14)18(29)27-26-17/h4-10,25H,11H2,1-3H3,(H,27,29)(H,28,30). The summed E-state index contributed by atoms with van der Waals surface area (Å²) in [6.45, 7) is 3.80. The smallest absolute Gasteiger partial charge is 0.422 e. The van der Waals surface area contributed by atoms with Crippen molar-refractivity contribution in [2.24, 2.45) is 0 Å². The van der Waals surface area contributed by atoms with Crippen LogP contribution in [0.25, 0.3) is 22.0 Å². The van der Waals surface area contributed by atoms with Crippen LogP contribution < -0.4 is 15.0 Å². The number of nitrogens with zero attached hydrogens (tertiary/aromatic N) is 1. The number of ether oxygens (including phenoxy) is 1. The van der Waals surface area contributed by atoms with E-state index in [-0.39, 0.29) is 22.2 Å². The van der Waals surface area contributed by atoms with Gasteiger partial charge in [0.25, 0.3) is 5.56 Å². The number of carbonyl (C=O) groups is 1. The maximum Gasteiger partial charge on any atom is 0.422 e. The summed E-state index contributed by atoms with van der Waals surface area (Å²) in [5.41, 5.74) is -2.77. The second-order valence-electron chi connectivity index (χ2n) is 8.25. The Bertz CT molecular complexity index is 1400. The van der Waals surface area contributed by atoms with E-state index in [1.807, 2.05) is 4.72 Å². The number of amides is 1. The molecule has 0 spiro atoms. The van der Waals surface area contributed by atoms with E-state index in [1.165, 1.54) is 32.9 Å². The van der Waals surface area contributed by atoms with Crippen molar-refractivity contribution in [2.45, 2.75) is 39.1 Å². The van der Waals surface area contributed by atoms with Crippen LogP contribution in [-0.4, -0.2) is 30.3 Å². The van der Waals surface area contributed by atoms with Crippen LogP contribution in [0.1, 0.15) is 31.9 Å². The highest BCUT2D eigenvalue weighted by atomic mass is 32.2. The van der Waals surface area contributed by atoms with Gasteiger partial charge in [-0.25, -0.2) is 14.6 Å². The van der Waals surface area contributed by atoms with E-state index in [4.69, 9.17) is 4.74 Å². The van der Waals surface area contributed by atoms with Crippen LogP contribution in [0.2, 0.25) is 0 Å². The minimum atomic E-state index is -4.83. The third-order valence-electron chi connectivity index (χ3n) is 4.45. The monoisotopic (exact) mass is 498 g/mol. The zero-order valence-corrected chi connectivity index (χ0v) is 19.1. The lowest BCUT2D eigenvalue weighted by atomic mass is 9.99. The molecule has 3 N–H and O–H groups in total. The maximum atomic E-state index is 13.8. The van der Waals surface area contributed by atoms with Gasteiger partial charge in [-0.3, -0.25) is 4.79 Å². The zero-order chi connectivity index (χ0) is 25.3. The van der Waals surface area contributed by atoms with Crippen molar-refractivity contribution in [3.8, 4) is 11.3 Å². The van der Waals surface area contributed by atoms with Crippen LogP contribution >= 0.6 is 0 Å². The molecule has 3 rings (SSSR count). The van der Waals surface area contributed by atoms with E-state index in [0.717, 1.165) is 12.1 Å². The molecule has 0 saturated carbocycles. The average Bonchev–Trinajstić information content (AvgIpc) is 2.70. The van der Waals surface area contributed by atoms with Gasteiger partial charge in [-0.15, -0.1) is 0 Å². The highest BCUT2D eigenvalue weighted by molar-refractivity contribution is 7.88. The Morgan fingerprint density at radius 2 is 1.74 bits per heavy atom. The van der Waals surface area contributed by atoms with E-state index in [9.17, 15) is 31.2 Å². The summed E-state index contributed by atoms with van der Waals surface area (Å²) in [5.74, 6) is 0. The van der Waals surface area contributed by atoms with Gasteiger partial charge in [0.2, 0.25) is 0 Å². The summed E-state index contributed by atoms with van der Waals surface area (Å²) in [5, 5.41) is 6.77. The van der Waals surface area contributed by atoms with Crippen molar-refractivity contribution in [2.75, 3.05) is 0 Å². The zero-order valence-electron chi connectivity index (χ0n) is 18.3. The van der Waals surface area contributed by atoms with Gasteiger partial charge >= 0.3 is 22.5 Å². The Morgan fingerprint density at radius 1 is 1.09 bits per heavy atom. The second-order valence-corrected chi connectivity index (χ2v) is 9.74. The molecule has 2 aromatic carbocycles. The third kappa shape index (κ3) is 6.11. The molecule has 34 heavy (non-hydrogen) atoms. The Balaban J connectivity index is 1.92. The molecule has 0 saturated heterocycles. The molecule has 9 nitrogen and oxygen atoms in total. The molecule has 0 fully saturated rings. The number of carbonyl (C=O) groups excluding carboxylic acids is 1. The van der Waals surface area contributed by atoms with Gasteiger partial charge in [0.1, 0.15) is 5.60 Å². The third-order valence-corrected chi connectivity index (χ3v) is 5.41. The van der Waals surface area contributed by atoms with E-state index in [0.29, 0.717) is 5.39 Å². The highest BCUT2D eigenvalue weighted by Gasteiger charge is 2.34. The van der Waals surface area contributed by atoms with Crippen molar-refractivity contribution in [1.82, 2.24) is 19.6 Å². The molecule has 182 valence electrons. The second kappa shape index (κ2) is 9.06. The molecule has 0 atom stereocenters. The lowest BCUT2D eigenvalue weighted by Gasteiger charge is -2.20. The van der Waals surface area contributed by atoms with E-state index in [1.54, 1.807) is 22.9 Å². The fraction of sp³-hybridized carbons (Fsp3) is 0.286. The molecular formula is C21H21F3N4O5S. The van der Waals surface area contributed by atoms with Crippen LogP contribution in [-0.2, 0) is 27.7 Å². The van der Waals surface area contributed by atoms with Crippen LogP contribution in [0, 0.1) is 0 Å². The first-order valence-electron chi connectivity index (χ1n) is 9.84. The number of H-pyrrole nitrogens is 1. The Labute approximate surface area is 192 Å². The number of hydrogen-bond acceptors (Lipinski definition) is 6. The molecule has 0 aliphatic rings. The van der Waals surface area contributed by atoms with Crippen molar-refractivity contribution in [1.29, 1.82) is 0 Å². The van der Waals surface area contributed by atoms with Gasteiger partial charge in [0, 0.05) is 17.5 Å². The first-order chi connectivity index (χ1) is 15.7. The van der Waals surface area contributed by atoms with E-state index < -0.39 is 45.7 Å². The van der Waals surface area contributed by atoms with Crippen molar-refractivity contribution < 1.29 is 31.1 Å². The van der Waals surface area contributed by atoms with Crippen molar-refractivity contribution in [3.05, 3.63) is 63.9 Å². The number of fused-ring (bicyclic) bond motifs is 1. The first kappa shape index (κ1) is 25.2. The number of hydrogen-bond donors (Lipinski definition) is 3. The minimum absolute atomic E-state index is 0.0678. The largest absolute Gasteiger partial charge is 0.443 e. The number of aromatic amines is 1. The molecule has 1 heterocycles. The van der Waals surface area contributed by atoms with Crippen LogP contribution in [0.4, 0.5) is 18.0 Å². The molecule has 1 amide bonds. The highest BCUT2D eigenvalue weighted by Crippen LogP contribution is 2.35. The van der Waals surface area contributed by atoms with Gasteiger partial charge in [0.15, 0.2) is 0 Å².